The van der Waals surface area contributed by atoms with Crippen LogP contribution < -0.4 is 19.5 Å². The van der Waals surface area contributed by atoms with Gasteiger partial charge in [-0.25, -0.2) is 0 Å². The lowest BCUT2D eigenvalue weighted by atomic mass is 10.0. The van der Waals surface area contributed by atoms with E-state index < -0.39 is 12.2 Å². The number of hydrogen-bond acceptors (Lipinski definition) is 7. The van der Waals surface area contributed by atoms with Gasteiger partial charge in [-0.05, 0) is 62.3 Å². The Bertz CT molecular complexity index is 848. The lowest BCUT2D eigenvalue weighted by Gasteiger charge is -2.33. The van der Waals surface area contributed by atoms with Crippen LogP contribution in [0.3, 0.4) is 0 Å². The Morgan fingerprint density at radius 2 is 1.46 bits per heavy atom. The quantitative estimate of drug-likeness (QED) is 0.372. The van der Waals surface area contributed by atoms with Gasteiger partial charge in [0.1, 0.15) is 42.7 Å². The highest BCUT2D eigenvalue weighted by Crippen LogP contribution is 2.26. The summed E-state index contributed by atoms with van der Waals surface area (Å²) in [7, 11) is 1.62. The number of halogens is 2. The molecule has 0 saturated carbocycles. The third-order valence-corrected chi connectivity index (χ3v) is 6.27. The number of β-amino-alcohol motifs (C(OH)–C–C–N with tert-alkyl or cyclic N) is 1. The summed E-state index contributed by atoms with van der Waals surface area (Å²) in [6.45, 7) is 3.19. The fraction of sp³-hybridized carbons (Fsp3) is 0.538. The Morgan fingerprint density at radius 3 is 2.09 bits per heavy atom. The summed E-state index contributed by atoms with van der Waals surface area (Å²) in [5.74, 6) is 2.05. The normalized spacial score (nSPS) is 15.9. The minimum atomic E-state index is -0.596. The molecule has 0 bridgehead atoms. The molecule has 1 saturated heterocycles. The van der Waals surface area contributed by atoms with Crippen molar-refractivity contribution in [1.29, 1.82) is 0 Å². The van der Waals surface area contributed by atoms with E-state index in [2.05, 4.69) is 10.2 Å². The molecule has 35 heavy (non-hydrogen) atoms. The monoisotopic (exact) mass is 530 g/mol. The summed E-state index contributed by atoms with van der Waals surface area (Å²) >= 11 is 11.9. The van der Waals surface area contributed by atoms with Gasteiger partial charge in [-0.2, -0.15) is 0 Å². The summed E-state index contributed by atoms with van der Waals surface area (Å²) in [5, 5.41) is 24.8. The highest BCUT2D eigenvalue weighted by Gasteiger charge is 2.21. The van der Waals surface area contributed by atoms with Crippen molar-refractivity contribution in [2.75, 3.05) is 46.5 Å². The van der Waals surface area contributed by atoms with E-state index in [1.807, 2.05) is 24.3 Å². The number of nitrogens with zero attached hydrogens (tertiary/aromatic N) is 1. The Hall–Kier alpha value is -1.74. The molecule has 0 radical (unpaired) electrons. The minimum Gasteiger partial charge on any atom is -0.497 e. The van der Waals surface area contributed by atoms with Crippen molar-refractivity contribution >= 4 is 23.2 Å². The number of methoxy groups -OCH3 is 1. The molecule has 0 aromatic heterocycles. The van der Waals surface area contributed by atoms with Gasteiger partial charge in [-0.1, -0.05) is 38.1 Å². The first-order valence-corrected chi connectivity index (χ1v) is 11.8. The van der Waals surface area contributed by atoms with E-state index in [0.29, 0.717) is 40.7 Å². The lowest BCUT2D eigenvalue weighted by Crippen LogP contribution is -2.47. The number of nitrogens with one attached hydrogen (secondary N) is 1. The molecule has 1 fully saturated rings. The standard InChI is InChI=1S/C24H32Cl2N2O5.2CH4/c1-31-20-2-4-21(5-3-20)32-15-18(29)13-27-17-8-10-28(11-9-17)14-19(30)16-33-22-6-7-23(25)24(26)12-22;;/h2-7,12,17-19,27,29-30H,8-11,13-16H2,1H3;2*1H4. The first-order chi connectivity index (χ1) is 15.9. The molecule has 3 rings (SSSR count). The molecule has 3 N–H and O–H groups in total. The van der Waals surface area contributed by atoms with E-state index in [9.17, 15) is 10.2 Å². The van der Waals surface area contributed by atoms with Crippen LogP contribution in [0.1, 0.15) is 27.7 Å². The molecule has 0 aliphatic carbocycles. The third-order valence-electron chi connectivity index (χ3n) is 5.53. The van der Waals surface area contributed by atoms with Gasteiger partial charge in [-0.15, -0.1) is 0 Å². The van der Waals surface area contributed by atoms with Gasteiger partial charge in [0.05, 0.1) is 17.2 Å². The molecule has 1 heterocycles. The third kappa shape index (κ3) is 10.8. The molecule has 9 heteroatoms. The predicted molar refractivity (Wildman–Crippen MR) is 143 cm³/mol. The Balaban J connectivity index is 0.00000306. The fourth-order valence-corrected chi connectivity index (χ4v) is 3.94. The second-order valence-corrected chi connectivity index (χ2v) is 8.98. The van der Waals surface area contributed by atoms with Crippen molar-refractivity contribution in [3.63, 3.8) is 0 Å². The van der Waals surface area contributed by atoms with Gasteiger partial charge >= 0.3 is 0 Å². The SMILES string of the molecule is C.C.COc1ccc(OCC(O)CNC2CCN(CC(O)COc3ccc(Cl)c(Cl)c3)CC2)cc1. The van der Waals surface area contributed by atoms with E-state index >= 15 is 0 Å². The Kier molecular flexibility index (Phi) is 14.4. The molecule has 1 aliphatic rings. The zero-order valence-electron chi connectivity index (χ0n) is 18.8. The maximum absolute atomic E-state index is 10.3. The summed E-state index contributed by atoms with van der Waals surface area (Å²) in [6.07, 6.45) is 0.713. The van der Waals surface area contributed by atoms with Crippen molar-refractivity contribution in [2.24, 2.45) is 0 Å². The van der Waals surface area contributed by atoms with E-state index in [1.54, 1.807) is 25.3 Å². The average Bonchev–Trinajstić information content (AvgIpc) is 2.83. The smallest absolute Gasteiger partial charge is 0.121 e. The average molecular weight is 532 g/mol. The van der Waals surface area contributed by atoms with Crippen molar-refractivity contribution < 1.29 is 24.4 Å². The number of rotatable bonds is 12. The van der Waals surface area contributed by atoms with Crippen LogP contribution in [0, 0.1) is 0 Å². The van der Waals surface area contributed by atoms with E-state index in [1.165, 1.54) is 0 Å². The van der Waals surface area contributed by atoms with Gasteiger partial charge in [0.2, 0.25) is 0 Å². The van der Waals surface area contributed by atoms with Crippen molar-refractivity contribution in [1.82, 2.24) is 10.2 Å². The summed E-state index contributed by atoms with van der Waals surface area (Å²) in [5.41, 5.74) is 0. The van der Waals surface area contributed by atoms with Crippen LogP contribution in [0.5, 0.6) is 17.2 Å². The van der Waals surface area contributed by atoms with Crippen molar-refractivity contribution in [2.45, 2.75) is 45.9 Å². The second kappa shape index (κ2) is 16.1. The van der Waals surface area contributed by atoms with Crippen molar-refractivity contribution in [3.8, 4) is 17.2 Å². The van der Waals surface area contributed by atoms with Crippen molar-refractivity contribution in [3.05, 3.63) is 52.5 Å². The largest absolute Gasteiger partial charge is 0.497 e. The van der Waals surface area contributed by atoms with E-state index in [0.717, 1.165) is 31.7 Å². The van der Waals surface area contributed by atoms with Crippen LogP contribution >= 0.6 is 23.2 Å². The molecule has 7 nitrogen and oxygen atoms in total. The molecular formula is C26H40Cl2N2O5. The highest BCUT2D eigenvalue weighted by atomic mass is 35.5. The van der Waals surface area contributed by atoms with Gasteiger partial charge in [0.15, 0.2) is 0 Å². The Morgan fingerprint density at radius 1 is 0.886 bits per heavy atom. The van der Waals surface area contributed by atoms with Gasteiger partial charge in [-0.3, -0.25) is 0 Å². The molecule has 198 valence electrons. The number of piperidine rings is 1. The van der Waals surface area contributed by atoms with Gasteiger partial charge in [0, 0.05) is 25.2 Å². The number of benzene rings is 2. The Labute approximate surface area is 219 Å². The molecule has 2 atom stereocenters. The number of aliphatic hydroxyl groups excluding tert-OH is 2. The lowest BCUT2D eigenvalue weighted by molar-refractivity contribution is 0.0556. The summed E-state index contributed by atoms with van der Waals surface area (Å²) in [6, 6.07) is 12.7. The van der Waals surface area contributed by atoms with Crippen LogP contribution in [0.4, 0.5) is 0 Å². The molecule has 2 unspecified atom stereocenters. The molecule has 1 aliphatic heterocycles. The van der Waals surface area contributed by atoms with E-state index in [4.69, 9.17) is 37.4 Å². The molecular weight excluding hydrogens is 491 g/mol. The fourth-order valence-electron chi connectivity index (χ4n) is 3.66. The minimum absolute atomic E-state index is 0. The van der Waals surface area contributed by atoms with Crippen LogP contribution in [0.15, 0.2) is 42.5 Å². The zero-order chi connectivity index (χ0) is 23.6. The molecule has 2 aromatic carbocycles. The van der Waals surface area contributed by atoms with Crippen LogP contribution in [0.25, 0.3) is 0 Å². The van der Waals surface area contributed by atoms with Gasteiger partial charge in [0.25, 0.3) is 0 Å². The maximum Gasteiger partial charge on any atom is 0.121 e. The van der Waals surface area contributed by atoms with E-state index in [-0.39, 0.29) is 28.1 Å². The molecule has 2 aromatic rings. The first kappa shape index (κ1) is 31.3. The topological polar surface area (TPSA) is 83.4 Å². The van der Waals surface area contributed by atoms with Gasteiger partial charge < -0.3 is 34.6 Å². The first-order valence-electron chi connectivity index (χ1n) is 11.1. The number of likely N-dealkylation sites (tertiary alicyclic amines) is 1. The highest BCUT2D eigenvalue weighted by molar-refractivity contribution is 6.42. The number of aliphatic hydroxyl groups is 2. The zero-order valence-corrected chi connectivity index (χ0v) is 20.3. The number of ether oxygens (including phenoxy) is 3. The molecule has 0 amide bonds. The van der Waals surface area contributed by atoms with Crippen LogP contribution in [0.2, 0.25) is 10.0 Å². The summed E-state index contributed by atoms with van der Waals surface area (Å²) in [4.78, 5) is 2.23. The number of hydrogen-bond donors (Lipinski definition) is 3. The second-order valence-electron chi connectivity index (χ2n) is 8.16. The summed E-state index contributed by atoms with van der Waals surface area (Å²) < 4.78 is 16.4. The van der Waals surface area contributed by atoms with Crippen LogP contribution in [-0.4, -0.2) is 79.9 Å². The predicted octanol–water partition coefficient (Wildman–Crippen LogP) is 4.51. The van der Waals surface area contributed by atoms with Crippen LogP contribution in [-0.2, 0) is 0 Å². The molecule has 0 spiro atoms. The maximum atomic E-state index is 10.3.